The quantitative estimate of drug-likeness (QED) is 0.642. The van der Waals surface area contributed by atoms with Crippen LogP contribution in [0, 0.1) is 13.8 Å². The summed E-state index contributed by atoms with van der Waals surface area (Å²) in [7, 11) is 3.43. The molecule has 1 aromatic rings. The van der Waals surface area contributed by atoms with E-state index >= 15 is 0 Å². The van der Waals surface area contributed by atoms with Gasteiger partial charge in [0.15, 0.2) is 0 Å². The van der Waals surface area contributed by atoms with Gasteiger partial charge in [0.1, 0.15) is 5.75 Å². The number of nitrogens with two attached hydrogens (primary N) is 1. The van der Waals surface area contributed by atoms with Gasteiger partial charge in [-0.1, -0.05) is 6.07 Å². The van der Waals surface area contributed by atoms with Crippen molar-refractivity contribution in [1.82, 2.24) is 5.43 Å². The molecule has 3 N–H and O–H groups in total. The molecule has 1 aliphatic heterocycles. The maximum absolute atomic E-state index is 5.90. The third-order valence-electron chi connectivity index (χ3n) is 4.44. The Bertz CT molecular complexity index is 485. The predicted octanol–water partition coefficient (Wildman–Crippen LogP) is 2.01. The highest BCUT2D eigenvalue weighted by Gasteiger charge is 2.42. The maximum atomic E-state index is 5.90. The van der Waals surface area contributed by atoms with Crippen molar-refractivity contribution in [3.05, 3.63) is 28.8 Å². The molecule has 0 spiro atoms. The van der Waals surface area contributed by atoms with Crippen LogP contribution in [-0.2, 0) is 9.47 Å². The van der Waals surface area contributed by atoms with E-state index in [1.807, 2.05) is 6.07 Å². The molecule has 1 atom stereocenters. The number of nitrogens with one attached hydrogen (secondary N) is 1. The van der Waals surface area contributed by atoms with E-state index in [0.717, 1.165) is 29.7 Å². The molecule has 1 aromatic carbocycles. The summed E-state index contributed by atoms with van der Waals surface area (Å²) >= 11 is 0. The number of hydrazine groups is 1. The van der Waals surface area contributed by atoms with E-state index in [1.54, 1.807) is 14.2 Å². The average molecular weight is 294 g/mol. The largest absolute Gasteiger partial charge is 0.496 e. The summed E-state index contributed by atoms with van der Waals surface area (Å²) in [6.45, 7) is 5.50. The fourth-order valence-corrected chi connectivity index (χ4v) is 3.30. The van der Waals surface area contributed by atoms with Gasteiger partial charge in [-0.05, 0) is 31.0 Å². The van der Waals surface area contributed by atoms with Crippen LogP contribution < -0.4 is 16.0 Å². The second-order valence-electron chi connectivity index (χ2n) is 5.68. The second kappa shape index (κ2) is 6.75. The van der Waals surface area contributed by atoms with E-state index in [2.05, 4.69) is 25.3 Å². The lowest BCUT2D eigenvalue weighted by Gasteiger charge is -2.43. The van der Waals surface area contributed by atoms with E-state index in [-0.39, 0.29) is 11.6 Å². The molecule has 0 amide bonds. The minimum atomic E-state index is -0.375. The fourth-order valence-electron chi connectivity index (χ4n) is 3.30. The third-order valence-corrected chi connectivity index (χ3v) is 4.44. The highest BCUT2D eigenvalue weighted by atomic mass is 16.5. The van der Waals surface area contributed by atoms with Gasteiger partial charge in [0, 0.05) is 38.7 Å². The lowest BCUT2D eigenvalue weighted by molar-refractivity contribution is -0.112. The summed E-state index contributed by atoms with van der Waals surface area (Å²) in [6, 6.07) is 4.04. The molecule has 1 fully saturated rings. The number of ether oxygens (including phenoxy) is 3. The van der Waals surface area contributed by atoms with Gasteiger partial charge in [0.25, 0.3) is 0 Å². The first-order chi connectivity index (χ1) is 10.1. The zero-order valence-corrected chi connectivity index (χ0v) is 13.4. The number of hydrogen-bond acceptors (Lipinski definition) is 5. The topological polar surface area (TPSA) is 65.7 Å². The van der Waals surface area contributed by atoms with E-state index in [0.29, 0.717) is 13.2 Å². The van der Waals surface area contributed by atoms with Gasteiger partial charge in [-0.15, -0.1) is 0 Å². The summed E-state index contributed by atoms with van der Waals surface area (Å²) in [6.07, 6.45) is 1.60. The van der Waals surface area contributed by atoms with Gasteiger partial charge in [0.2, 0.25) is 0 Å². The van der Waals surface area contributed by atoms with E-state index in [1.165, 1.54) is 5.56 Å². The van der Waals surface area contributed by atoms with Gasteiger partial charge in [-0.25, -0.2) is 5.43 Å². The van der Waals surface area contributed by atoms with Crippen molar-refractivity contribution in [1.29, 1.82) is 0 Å². The summed E-state index contributed by atoms with van der Waals surface area (Å²) < 4.78 is 17.0. The normalized spacial score (nSPS) is 19.3. The molecule has 2 rings (SSSR count). The van der Waals surface area contributed by atoms with Crippen LogP contribution in [0.15, 0.2) is 12.1 Å². The van der Waals surface area contributed by atoms with Crippen LogP contribution in [-0.4, -0.2) is 33.0 Å². The Hall–Kier alpha value is -1.14. The van der Waals surface area contributed by atoms with E-state index < -0.39 is 0 Å². The summed E-state index contributed by atoms with van der Waals surface area (Å²) in [4.78, 5) is 0. The van der Waals surface area contributed by atoms with Crippen LogP contribution in [0.3, 0.4) is 0 Å². The van der Waals surface area contributed by atoms with Crippen molar-refractivity contribution >= 4 is 0 Å². The van der Waals surface area contributed by atoms with Crippen LogP contribution in [0.4, 0.5) is 0 Å². The minimum absolute atomic E-state index is 0.137. The molecular formula is C16H26N2O3. The number of aryl methyl sites for hydroxylation is 2. The van der Waals surface area contributed by atoms with Crippen molar-refractivity contribution in [3.63, 3.8) is 0 Å². The molecule has 0 radical (unpaired) electrons. The molecule has 0 aromatic heterocycles. The third kappa shape index (κ3) is 3.06. The first kappa shape index (κ1) is 16.2. The SMILES string of the molecule is COc1cc(C)cc(C)c1C(NN)C1(OC)CCOCC1. The molecule has 1 heterocycles. The van der Waals surface area contributed by atoms with Crippen LogP contribution in [0.2, 0.25) is 0 Å². The average Bonchev–Trinajstić information content (AvgIpc) is 2.50. The van der Waals surface area contributed by atoms with Gasteiger partial charge in [0.05, 0.1) is 18.8 Å². The molecule has 1 unspecified atom stereocenters. The predicted molar refractivity (Wildman–Crippen MR) is 82.3 cm³/mol. The smallest absolute Gasteiger partial charge is 0.124 e. The molecule has 1 saturated heterocycles. The number of benzene rings is 1. The zero-order chi connectivity index (χ0) is 15.5. The minimum Gasteiger partial charge on any atom is -0.496 e. The Balaban J connectivity index is 2.50. The molecule has 0 saturated carbocycles. The Morgan fingerprint density at radius 3 is 2.43 bits per heavy atom. The number of methoxy groups -OCH3 is 2. The lowest BCUT2D eigenvalue weighted by Crippen LogP contribution is -2.51. The summed E-state index contributed by atoms with van der Waals surface area (Å²) in [5, 5.41) is 0. The molecular weight excluding hydrogens is 268 g/mol. The fraction of sp³-hybridized carbons (Fsp3) is 0.625. The Kier molecular flexibility index (Phi) is 5.22. The first-order valence-corrected chi connectivity index (χ1v) is 7.32. The monoisotopic (exact) mass is 294 g/mol. The Morgan fingerprint density at radius 1 is 1.24 bits per heavy atom. The summed E-state index contributed by atoms with van der Waals surface area (Å²) in [5.41, 5.74) is 5.96. The lowest BCUT2D eigenvalue weighted by atomic mass is 9.80. The standard InChI is InChI=1S/C16H26N2O3/c1-11-9-12(2)14(13(10-11)19-3)15(18-17)16(20-4)5-7-21-8-6-16/h9-10,15,18H,5-8,17H2,1-4H3. The highest BCUT2D eigenvalue weighted by molar-refractivity contribution is 5.46. The van der Waals surface area contributed by atoms with Gasteiger partial charge < -0.3 is 14.2 Å². The van der Waals surface area contributed by atoms with Crippen LogP contribution >= 0.6 is 0 Å². The molecule has 118 valence electrons. The first-order valence-electron chi connectivity index (χ1n) is 7.32. The second-order valence-corrected chi connectivity index (χ2v) is 5.68. The summed E-state index contributed by atoms with van der Waals surface area (Å²) in [5.74, 6) is 6.75. The molecule has 5 heteroatoms. The molecule has 0 bridgehead atoms. The van der Waals surface area contributed by atoms with E-state index in [9.17, 15) is 0 Å². The Labute approximate surface area is 126 Å². The van der Waals surface area contributed by atoms with Gasteiger partial charge >= 0.3 is 0 Å². The van der Waals surface area contributed by atoms with Crippen molar-refractivity contribution in [2.45, 2.75) is 38.3 Å². The highest BCUT2D eigenvalue weighted by Crippen LogP contribution is 2.41. The maximum Gasteiger partial charge on any atom is 0.124 e. The van der Waals surface area contributed by atoms with Crippen molar-refractivity contribution < 1.29 is 14.2 Å². The molecule has 1 aliphatic rings. The number of rotatable bonds is 5. The molecule has 0 aliphatic carbocycles. The van der Waals surface area contributed by atoms with Crippen LogP contribution in [0.1, 0.15) is 35.6 Å². The number of hydrogen-bond donors (Lipinski definition) is 2. The van der Waals surface area contributed by atoms with E-state index in [4.69, 9.17) is 20.1 Å². The Morgan fingerprint density at radius 2 is 1.90 bits per heavy atom. The van der Waals surface area contributed by atoms with Crippen molar-refractivity contribution in [2.24, 2.45) is 5.84 Å². The van der Waals surface area contributed by atoms with Crippen LogP contribution in [0.5, 0.6) is 5.75 Å². The molecule has 5 nitrogen and oxygen atoms in total. The van der Waals surface area contributed by atoms with Crippen molar-refractivity contribution in [3.8, 4) is 5.75 Å². The van der Waals surface area contributed by atoms with Crippen molar-refractivity contribution in [2.75, 3.05) is 27.4 Å². The van der Waals surface area contributed by atoms with Crippen LogP contribution in [0.25, 0.3) is 0 Å². The zero-order valence-electron chi connectivity index (χ0n) is 13.4. The van der Waals surface area contributed by atoms with Gasteiger partial charge in [-0.3, -0.25) is 5.84 Å². The molecule has 21 heavy (non-hydrogen) atoms. The van der Waals surface area contributed by atoms with Gasteiger partial charge in [-0.2, -0.15) is 0 Å².